The molecule has 0 aliphatic rings. The van der Waals surface area contributed by atoms with Crippen LogP contribution in [0.4, 0.5) is 0 Å². The summed E-state index contributed by atoms with van der Waals surface area (Å²) in [6.45, 7) is 0. The molecule has 4 aromatic rings. The fourth-order valence-corrected chi connectivity index (χ4v) is 2.23. The second kappa shape index (κ2) is 3.99. The number of pyridine rings is 1. The zero-order valence-corrected chi connectivity index (χ0v) is 10.3. The molecule has 1 aromatic carbocycles. The third kappa shape index (κ3) is 1.45. The van der Waals surface area contributed by atoms with Gasteiger partial charge in [0.2, 0.25) is 0 Å². The van der Waals surface area contributed by atoms with Crippen molar-refractivity contribution in [2.75, 3.05) is 0 Å². The highest BCUT2D eigenvalue weighted by Gasteiger charge is 2.13. The molecule has 20 heavy (non-hydrogen) atoms. The molecule has 1 N–H and O–H groups in total. The quantitative estimate of drug-likeness (QED) is 0.566. The summed E-state index contributed by atoms with van der Waals surface area (Å²) in [5, 5.41) is 12.0. The Hall–Kier alpha value is -3.02. The Morgan fingerprint density at radius 2 is 1.85 bits per heavy atom. The van der Waals surface area contributed by atoms with Crippen molar-refractivity contribution < 1.29 is 0 Å². The Morgan fingerprint density at radius 3 is 2.70 bits per heavy atom. The van der Waals surface area contributed by atoms with Gasteiger partial charge < -0.3 is 0 Å². The number of fused-ring (bicyclic) bond motifs is 3. The van der Waals surface area contributed by atoms with Gasteiger partial charge in [0.25, 0.3) is 0 Å². The maximum Gasteiger partial charge on any atom is 0.301 e. The van der Waals surface area contributed by atoms with E-state index in [2.05, 4.69) is 20.3 Å². The standard InChI is InChI=1S/C14H9N5O/c20-14-13-12(9-5-1-2-6-10(9)16-17-13)18-19(14)11-7-3-4-8-15-11/h1-8,18H. The monoisotopic (exact) mass is 263 g/mol. The van der Waals surface area contributed by atoms with Gasteiger partial charge in [0.05, 0.1) is 11.0 Å². The predicted molar refractivity (Wildman–Crippen MR) is 74.8 cm³/mol. The van der Waals surface area contributed by atoms with Crippen LogP contribution >= 0.6 is 0 Å². The summed E-state index contributed by atoms with van der Waals surface area (Å²) in [7, 11) is 0. The molecule has 0 saturated heterocycles. The van der Waals surface area contributed by atoms with Crippen molar-refractivity contribution in [1.82, 2.24) is 25.0 Å². The first-order valence-corrected chi connectivity index (χ1v) is 6.12. The Morgan fingerprint density at radius 1 is 1.00 bits per heavy atom. The van der Waals surface area contributed by atoms with Gasteiger partial charge >= 0.3 is 5.56 Å². The van der Waals surface area contributed by atoms with Crippen LogP contribution in [0.15, 0.2) is 53.5 Å². The summed E-state index contributed by atoms with van der Waals surface area (Å²) in [6, 6.07) is 12.9. The number of benzene rings is 1. The van der Waals surface area contributed by atoms with Crippen LogP contribution in [0.3, 0.4) is 0 Å². The Labute approximate surface area is 112 Å². The molecule has 0 radical (unpaired) electrons. The van der Waals surface area contributed by atoms with Crippen LogP contribution in [0.1, 0.15) is 0 Å². The molecule has 3 aromatic heterocycles. The Kier molecular flexibility index (Phi) is 2.17. The molecule has 0 bridgehead atoms. The van der Waals surface area contributed by atoms with Crippen molar-refractivity contribution in [1.29, 1.82) is 0 Å². The van der Waals surface area contributed by atoms with Crippen molar-refractivity contribution >= 4 is 21.9 Å². The van der Waals surface area contributed by atoms with Crippen LogP contribution in [0.5, 0.6) is 0 Å². The largest absolute Gasteiger partial charge is 0.301 e. The predicted octanol–water partition coefficient (Wildman–Crippen LogP) is 1.66. The van der Waals surface area contributed by atoms with Gasteiger partial charge in [-0.1, -0.05) is 24.3 Å². The average Bonchev–Trinajstić information content (AvgIpc) is 2.86. The first-order valence-electron chi connectivity index (χ1n) is 6.12. The molecule has 0 amide bonds. The van der Waals surface area contributed by atoms with Crippen LogP contribution in [-0.2, 0) is 0 Å². The molecule has 96 valence electrons. The third-order valence-electron chi connectivity index (χ3n) is 3.18. The van der Waals surface area contributed by atoms with E-state index < -0.39 is 0 Å². The summed E-state index contributed by atoms with van der Waals surface area (Å²) in [5.74, 6) is 0.527. The van der Waals surface area contributed by atoms with Crippen molar-refractivity contribution in [3.63, 3.8) is 0 Å². The minimum absolute atomic E-state index is 0.253. The molecule has 0 saturated carbocycles. The summed E-state index contributed by atoms with van der Waals surface area (Å²) >= 11 is 0. The molecule has 4 rings (SSSR count). The second-order valence-corrected chi connectivity index (χ2v) is 4.38. The number of aromatic amines is 1. The lowest BCUT2D eigenvalue weighted by Crippen LogP contribution is -2.15. The minimum atomic E-state index is -0.253. The molecule has 0 unspecified atom stereocenters. The number of nitrogens with zero attached hydrogens (tertiary/aromatic N) is 4. The van der Waals surface area contributed by atoms with Gasteiger partial charge in [0, 0.05) is 11.6 Å². The van der Waals surface area contributed by atoms with Gasteiger partial charge in [-0.05, 0) is 18.2 Å². The van der Waals surface area contributed by atoms with Gasteiger partial charge in [-0.15, -0.1) is 10.2 Å². The summed E-state index contributed by atoms with van der Waals surface area (Å²) in [4.78, 5) is 16.5. The van der Waals surface area contributed by atoms with Gasteiger partial charge in [-0.2, -0.15) is 4.68 Å². The minimum Gasteiger partial charge on any atom is -0.286 e. The number of nitrogens with one attached hydrogen (secondary N) is 1. The van der Waals surface area contributed by atoms with E-state index in [1.54, 1.807) is 18.3 Å². The van der Waals surface area contributed by atoms with E-state index in [1.165, 1.54) is 4.68 Å². The van der Waals surface area contributed by atoms with E-state index in [0.29, 0.717) is 16.9 Å². The third-order valence-corrected chi connectivity index (χ3v) is 3.18. The molecule has 3 heterocycles. The van der Waals surface area contributed by atoms with Crippen LogP contribution in [0.25, 0.3) is 27.8 Å². The fraction of sp³-hybridized carbons (Fsp3) is 0. The number of rotatable bonds is 1. The van der Waals surface area contributed by atoms with Crippen LogP contribution in [0.2, 0.25) is 0 Å². The molecule has 0 atom stereocenters. The number of hydrogen-bond acceptors (Lipinski definition) is 4. The zero-order valence-electron chi connectivity index (χ0n) is 10.3. The highest BCUT2D eigenvalue weighted by atomic mass is 16.1. The molecular formula is C14H9N5O. The SMILES string of the molecule is O=c1c2nnc3ccccc3c2[nH]n1-c1ccccn1. The van der Waals surface area contributed by atoms with E-state index in [1.807, 2.05) is 30.3 Å². The van der Waals surface area contributed by atoms with Crippen molar-refractivity contribution in [2.45, 2.75) is 0 Å². The van der Waals surface area contributed by atoms with E-state index in [9.17, 15) is 4.79 Å². The molecule has 6 heteroatoms. The van der Waals surface area contributed by atoms with Gasteiger partial charge in [0.1, 0.15) is 0 Å². The first kappa shape index (κ1) is 10.9. The Bertz CT molecular complexity index is 971. The fourth-order valence-electron chi connectivity index (χ4n) is 2.23. The summed E-state index contributed by atoms with van der Waals surface area (Å²) in [6.07, 6.45) is 1.64. The van der Waals surface area contributed by atoms with E-state index >= 15 is 0 Å². The molecule has 0 fully saturated rings. The van der Waals surface area contributed by atoms with Crippen LogP contribution in [-0.4, -0.2) is 25.0 Å². The number of H-pyrrole nitrogens is 1. The lowest BCUT2D eigenvalue weighted by atomic mass is 10.2. The highest BCUT2D eigenvalue weighted by molar-refractivity contribution is 6.00. The first-order chi connectivity index (χ1) is 9.84. The maximum absolute atomic E-state index is 12.4. The highest BCUT2D eigenvalue weighted by Crippen LogP contribution is 2.18. The lowest BCUT2D eigenvalue weighted by molar-refractivity contribution is 0.831. The van der Waals surface area contributed by atoms with Gasteiger partial charge in [0.15, 0.2) is 11.3 Å². The molecule has 0 aliphatic carbocycles. The summed E-state index contributed by atoms with van der Waals surface area (Å²) < 4.78 is 1.38. The van der Waals surface area contributed by atoms with E-state index in [-0.39, 0.29) is 5.56 Å². The van der Waals surface area contributed by atoms with Gasteiger partial charge in [-0.3, -0.25) is 9.89 Å². The molecule has 6 nitrogen and oxygen atoms in total. The normalized spacial score (nSPS) is 11.2. The lowest BCUT2D eigenvalue weighted by Gasteiger charge is -1.98. The zero-order chi connectivity index (χ0) is 13.5. The molecule has 0 spiro atoms. The molecular weight excluding hydrogens is 254 g/mol. The maximum atomic E-state index is 12.4. The number of hydrogen-bond donors (Lipinski definition) is 1. The second-order valence-electron chi connectivity index (χ2n) is 4.38. The number of aromatic nitrogens is 5. The Balaban J connectivity index is 2.13. The summed E-state index contributed by atoms with van der Waals surface area (Å²) in [5.41, 5.74) is 1.48. The topological polar surface area (TPSA) is 76.5 Å². The van der Waals surface area contributed by atoms with E-state index in [4.69, 9.17) is 0 Å². The van der Waals surface area contributed by atoms with Crippen LogP contribution < -0.4 is 5.56 Å². The van der Waals surface area contributed by atoms with Crippen molar-refractivity contribution in [3.05, 3.63) is 59.0 Å². The van der Waals surface area contributed by atoms with E-state index in [0.717, 1.165) is 10.9 Å². The molecule has 0 aliphatic heterocycles. The average molecular weight is 263 g/mol. The van der Waals surface area contributed by atoms with Crippen LogP contribution in [0, 0.1) is 0 Å². The smallest absolute Gasteiger partial charge is 0.286 e. The van der Waals surface area contributed by atoms with Crippen molar-refractivity contribution in [3.8, 4) is 5.82 Å². The van der Waals surface area contributed by atoms with Gasteiger partial charge in [-0.25, -0.2) is 4.98 Å². The van der Waals surface area contributed by atoms with Crippen molar-refractivity contribution in [2.24, 2.45) is 0 Å².